The zero-order valence-corrected chi connectivity index (χ0v) is 15.2. The Kier molecular flexibility index (Phi) is 6.34. The summed E-state index contributed by atoms with van der Waals surface area (Å²) in [5.41, 5.74) is -0.0906. The summed E-state index contributed by atoms with van der Waals surface area (Å²) < 4.78 is 0. The molecule has 1 fully saturated rings. The number of nitrogens with zero attached hydrogens (tertiary/aromatic N) is 2. The van der Waals surface area contributed by atoms with Crippen LogP contribution in [0.15, 0.2) is 24.3 Å². The van der Waals surface area contributed by atoms with Crippen LogP contribution < -0.4 is 10.6 Å². The summed E-state index contributed by atoms with van der Waals surface area (Å²) in [4.78, 5) is 37.9. The van der Waals surface area contributed by atoms with Gasteiger partial charge < -0.3 is 10.6 Å². The molecule has 7 nitrogen and oxygen atoms in total. The summed E-state index contributed by atoms with van der Waals surface area (Å²) in [5, 5.41) is 14.2. The predicted octanol–water partition coefficient (Wildman–Crippen LogP) is 2.78. The van der Waals surface area contributed by atoms with Crippen LogP contribution in [0.25, 0.3) is 0 Å². The first kappa shape index (κ1) is 19.4. The molecule has 0 radical (unpaired) electrons. The lowest BCUT2D eigenvalue weighted by Crippen LogP contribution is -2.44. The topological polar surface area (TPSA) is 102 Å². The van der Waals surface area contributed by atoms with Crippen molar-refractivity contribution in [1.82, 2.24) is 10.2 Å². The number of nitriles is 1. The van der Waals surface area contributed by atoms with Crippen LogP contribution in [0.2, 0.25) is 0 Å². The Morgan fingerprint density at radius 2 is 2.08 bits per heavy atom. The van der Waals surface area contributed by atoms with Crippen LogP contribution in [0, 0.1) is 11.3 Å². The van der Waals surface area contributed by atoms with E-state index in [9.17, 15) is 14.4 Å². The third-order valence-electron chi connectivity index (χ3n) is 4.45. The van der Waals surface area contributed by atoms with Crippen molar-refractivity contribution in [1.29, 1.82) is 5.26 Å². The van der Waals surface area contributed by atoms with Crippen LogP contribution in [-0.4, -0.2) is 34.8 Å². The Bertz CT molecular complexity index is 741. The maximum Gasteiger partial charge on any atom is 0.325 e. The van der Waals surface area contributed by atoms with Gasteiger partial charge in [0.2, 0.25) is 5.91 Å². The molecule has 0 aromatic heterocycles. The molecule has 1 heterocycles. The van der Waals surface area contributed by atoms with Crippen LogP contribution in [0.1, 0.15) is 51.5 Å². The lowest BCUT2D eigenvalue weighted by atomic mass is 9.94. The number of carbonyl (C=O) groups is 3. The molecule has 1 aliphatic rings. The summed E-state index contributed by atoms with van der Waals surface area (Å²) >= 11 is 0. The van der Waals surface area contributed by atoms with Gasteiger partial charge in [0.1, 0.15) is 12.1 Å². The maximum atomic E-state index is 12.6. The van der Waals surface area contributed by atoms with Gasteiger partial charge in [-0.25, -0.2) is 4.79 Å². The number of rotatable bonds is 8. The van der Waals surface area contributed by atoms with Crippen molar-refractivity contribution >= 4 is 23.5 Å². The minimum absolute atomic E-state index is 0.355. The van der Waals surface area contributed by atoms with Crippen LogP contribution >= 0.6 is 0 Å². The first-order chi connectivity index (χ1) is 12.4. The number of anilines is 1. The summed E-state index contributed by atoms with van der Waals surface area (Å²) in [6.45, 7) is 3.45. The van der Waals surface area contributed by atoms with Crippen LogP contribution in [0.5, 0.6) is 0 Å². The molecule has 0 aliphatic carbocycles. The lowest BCUT2D eigenvalue weighted by Gasteiger charge is -2.21. The van der Waals surface area contributed by atoms with Crippen molar-refractivity contribution in [3.8, 4) is 6.07 Å². The Labute approximate surface area is 153 Å². The zero-order valence-electron chi connectivity index (χ0n) is 15.2. The van der Waals surface area contributed by atoms with E-state index in [0.29, 0.717) is 17.7 Å². The monoisotopic (exact) mass is 356 g/mol. The van der Waals surface area contributed by atoms with E-state index in [4.69, 9.17) is 5.26 Å². The normalized spacial score (nSPS) is 19.2. The molecule has 2 rings (SSSR count). The van der Waals surface area contributed by atoms with E-state index in [2.05, 4.69) is 17.6 Å². The highest BCUT2D eigenvalue weighted by Crippen LogP contribution is 2.24. The Hall–Kier alpha value is -2.88. The maximum absolute atomic E-state index is 12.6. The first-order valence-corrected chi connectivity index (χ1v) is 8.84. The average molecular weight is 356 g/mol. The second-order valence-electron chi connectivity index (χ2n) is 6.71. The second kappa shape index (κ2) is 8.48. The van der Waals surface area contributed by atoms with Crippen molar-refractivity contribution in [2.24, 2.45) is 0 Å². The minimum atomic E-state index is -0.953. The third-order valence-corrected chi connectivity index (χ3v) is 4.45. The van der Waals surface area contributed by atoms with Crippen molar-refractivity contribution in [3.63, 3.8) is 0 Å². The molecule has 1 aliphatic heterocycles. The van der Waals surface area contributed by atoms with Gasteiger partial charge in [-0.2, -0.15) is 5.26 Å². The fraction of sp³-hybridized carbons (Fsp3) is 0.474. The van der Waals surface area contributed by atoms with Crippen molar-refractivity contribution < 1.29 is 14.4 Å². The van der Waals surface area contributed by atoms with Gasteiger partial charge in [-0.15, -0.1) is 0 Å². The van der Waals surface area contributed by atoms with Gasteiger partial charge in [0.05, 0.1) is 11.6 Å². The zero-order chi connectivity index (χ0) is 19.2. The molecule has 0 bridgehead atoms. The lowest BCUT2D eigenvalue weighted by molar-refractivity contribution is -0.133. The van der Waals surface area contributed by atoms with Crippen LogP contribution in [0.3, 0.4) is 0 Å². The molecule has 0 unspecified atom stereocenters. The van der Waals surface area contributed by atoms with Gasteiger partial charge in [-0.05, 0) is 31.5 Å². The Balaban J connectivity index is 1.96. The number of benzene rings is 1. The number of nitrogens with one attached hydrogen (secondary N) is 2. The van der Waals surface area contributed by atoms with Gasteiger partial charge in [-0.1, -0.05) is 38.7 Å². The standard InChI is InChI=1S/C19H24N4O3/c1-3-4-5-6-10-19(2)17(25)23(18(26)22-19)13-16(24)21-15-9-7-8-14(11-15)12-20/h7-9,11H,3-6,10,13H2,1-2H3,(H,21,24)(H,22,26)/t19-/m0/s1. The van der Waals surface area contributed by atoms with E-state index >= 15 is 0 Å². The van der Waals surface area contributed by atoms with Crippen LogP contribution in [-0.2, 0) is 9.59 Å². The first-order valence-electron chi connectivity index (χ1n) is 8.84. The third kappa shape index (κ3) is 4.60. The van der Waals surface area contributed by atoms with E-state index in [1.165, 1.54) is 6.07 Å². The highest BCUT2D eigenvalue weighted by atomic mass is 16.2. The predicted molar refractivity (Wildman–Crippen MR) is 97.2 cm³/mol. The minimum Gasteiger partial charge on any atom is -0.324 e. The molecular weight excluding hydrogens is 332 g/mol. The number of urea groups is 1. The van der Waals surface area contributed by atoms with E-state index in [1.807, 2.05) is 6.07 Å². The SMILES string of the molecule is CCCCCC[C@]1(C)NC(=O)N(CC(=O)Nc2cccc(C#N)c2)C1=O. The van der Waals surface area contributed by atoms with Crippen molar-refractivity contribution in [3.05, 3.63) is 29.8 Å². The summed E-state index contributed by atoms with van der Waals surface area (Å²) in [5.74, 6) is -0.862. The largest absolute Gasteiger partial charge is 0.325 e. The van der Waals surface area contributed by atoms with E-state index in [0.717, 1.165) is 30.6 Å². The smallest absolute Gasteiger partial charge is 0.324 e. The second-order valence-corrected chi connectivity index (χ2v) is 6.71. The summed E-state index contributed by atoms with van der Waals surface area (Å²) in [6.07, 6.45) is 4.59. The molecule has 1 atom stereocenters. The molecule has 26 heavy (non-hydrogen) atoms. The van der Waals surface area contributed by atoms with Crippen LogP contribution in [0.4, 0.5) is 10.5 Å². The number of carbonyl (C=O) groups excluding carboxylic acids is 3. The van der Waals surface area contributed by atoms with Crippen molar-refractivity contribution in [2.45, 2.75) is 51.5 Å². The molecule has 2 N–H and O–H groups in total. The van der Waals surface area contributed by atoms with Gasteiger partial charge in [0.25, 0.3) is 5.91 Å². The van der Waals surface area contributed by atoms with Gasteiger partial charge in [0, 0.05) is 5.69 Å². The number of hydrogen-bond donors (Lipinski definition) is 2. The molecule has 1 saturated heterocycles. The fourth-order valence-electron chi connectivity index (χ4n) is 2.98. The highest BCUT2D eigenvalue weighted by Gasteiger charge is 2.47. The van der Waals surface area contributed by atoms with E-state index in [-0.39, 0.29) is 12.5 Å². The molecule has 0 spiro atoms. The molecule has 1 aromatic rings. The Morgan fingerprint density at radius 3 is 2.77 bits per heavy atom. The van der Waals surface area contributed by atoms with Gasteiger partial charge in [-0.3, -0.25) is 14.5 Å². The fourth-order valence-corrected chi connectivity index (χ4v) is 2.98. The number of imide groups is 1. The summed E-state index contributed by atoms with van der Waals surface area (Å²) in [7, 11) is 0. The van der Waals surface area contributed by atoms with Crippen molar-refractivity contribution in [2.75, 3.05) is 11.9 Å². The number of amides is 4. The molecule has 7 heteroatoms. The summed E-state index contributed by atoms with van der Waals surface area (Å²) in [6, 6.07) is 7.88. The van der Waals surface area contributed by atoms with Gasteiger partial charge >= 0.3 is 6.03 Å². The van der Waals surface area contributed by atoms with E-state index in [1.54, 1.807) is 25.1 Å². The highest BCUT2D eigenvalue weighted by molar-refractivity contribution is 6.09. The quantitative estimate of drug-likeness (QED) is 0.552. The molecule has 138 valence electrons. The van der Waals surface area contributed by atoms with Gasteiger partial charge in [0.15, 0.2) is 0 Å². The molecule has 1 aromatic carbocycles. The molecule has 4 amide bonds. The number of unbranched alkanes of at least 4 members (excludes halogenated alkanes) is 3. The average Bonchev–Trinajstić information content (AvgIpc) is 2.82. The Morgan fingerprint density at radius 1 is 1.31 bits per heavy atom. The molecule has 0 saturated carbocycles. The number of hydrogen-bond acceptors (Lipinski definition) is 4. The van der Waals surface area contributed by atoms with E-state index < -0.39 is 17.5 Å². The molecular formula is C19H24N4O3.